The van der Waals surface area contributed by atoms with E-state index in [0.717, 1.165) is 12.8 Å². The molecule has 1 N–H and O–H groups in total. The van der Waals surface area contributed by atoms with Gasteiger partial charge < -0.3 is 14.6 Å². The third-order valence-corrected chi connectivity index (χ3v) is 4.94. The fourth-order valence-corrected chi connectivity index (χ4v) is 3.60. The molecule has 5 heteroatoms. The molecule has 1 aromatic heterocycles. The van der Waals surface area contributed by atoms with E-state index in [9.17, 15) is 14.3 Å². The summed E-state index contributed by atoms with van der Waals surface area (Å²) in [6.07, 6.45) is 3.52. The first-order chi connectivity index (χ1) is 12.0. The van der Waals surface area contributed by atoms with Crippen molar-refractivity contribution in [3.8, 4) is 0 Å². The number of hydrogen-bond acceptors (Lipinski definition) is 2. The number of halogens is 1. The van der Waals surface area contributed by atoms with Crippen molar-refractivity contribution in [2.45, 2.75) is 51.3 Å². The van der Waals surface area contributed by atoms with Gasteiger partial charge in [-0.25, -0.2) is 4.39 Å². The molecule has 2 unspecified atom stereocenters. The summed E-state index contributed by atoms with van der Waals surface area (Å²) in [5, 5.41) is 10.5. The van der Waals surface area contributed by atoms with Crippen LogP contribution in [0.1, 0.15) is 61.3 Å². The van der Waals surface area contributed by atoms with Crippen LogP contribution in [0.2, 0.25) is 0 Å². The maximum Gasteiger partial charge on any atom is 0.270 e. The first kappa shape index (κ1) is 17.7. The minimum absolute atomic E-state index is 0.00284. The van der Waals surface area contributed by atoms with Crippen LogP contribution in [0.4, 0.5) is 4.39 Å². The van der Waals surface area contributed by atoms with Crippen molar-refractivity contribution in [2.75, 3.05) is 6.54 Å². The minimum Gasteiger partial charge on any atom is -0.388 e. The Morgan fingerprint density at radius 1 is 1.28 bits per heavy atom. The lowest BCUT2D eigenvalue weighted by atomic mass is 10.0. The Morgan fingerprint density at radius 2 is 2.00 bits per heavy atom. The van der Waals surface area contributed by atoms with E-state index in [4.69, 9.17) is 0 Å². The van der Waals surface area contributed by atoms with Gasteiger partial charge in [0.15, 0.2) is 0 Å². The predicted molar refractivity (Wildman–Crippen MR) is 94.9 cm³/mol. The Bertz CT molecular complexity index is 724. The van der Waals surface area contributed by atoms with Crippen LogP contribution in [0.15, 0.2) is 42.6 Å². The zero-order valence-electron chi connectivity index (χ0n) is 14.7. The second-order valence-corrected chi connectivity index (χ2v) is 6.99. The molecular formula is C20H25FN2O2. The Kier molecular flexibility index (Phi) is 5.23. The predicted octanol–water partition coefficient (Wildman–Crippen LogP) is 3.94. The zero-order chi connectivity index (χ0) is 18.0. The molecule has 1 amide bonds. The number of carbonyl (C=O) groups is 1. The first-order valence-electron chi connectivity index (χ1n) is 8.88. The number of likely N-dealkylation sites (tertiary alicyclic amines) is 1. The second-order valence-electron chi connectivity index (χ2n) is 6.99. The molecule has 1 saturated heterocycles. The quantitative estimate of drug-likeness (QED) is 0.893. The van der Waals surface area contributed by atoms with Crippen molar-refractivity contribution in [3.05, 3.63) is 59.7 Å². The van der Waals surface area contributed by atoms with E-state index in [1.807, 2.05) is 27.8 Å². The summed E-state index contributed by atoms with van der Waals surface area (Å²) in [4.78, 5) is 14.9. The third-order valence-electron chi connectivity index (χ3n) is 4.94. The number of amides is 1. The topological polar surface area (TPSA) is 45.5 Å². The highest BCUT2D eigenvalue weighted by Crippen LogP contribution is 2.29. The third kappa shape index (κ3) is 3.76. The van der Waals surface area contributed by atoms with Gasteiger partial charge in [-0.3, -0.25) is 4.79 Å². The Labute approximate surface area is 147 Å². The van der Waals surface area contributed by atoms with Gasteiger partial charge >= 0.3 is 0 Å². The smallest absolute Gasteiger partial charge is 0.270 e. The molecule has 1 aliphatic heterocycles. The van der Waals surface area contributed by atoms with E-state index >= 15 is 0 Å². The Morgan fingerprint density at radius 3 is 2.68 bits per heavy atom. The van der Waals surface area contributed by atoms with Crippen LogP contribution in [0.5, 0.6) is 0 Å². The van der Waals surface area contributed by atoms with Crippen LogP contribution in [0, 0.1) is 5.82 Å². The van der Waals surface area contributed by atoms with Crippen LogP contribution in [-0.4, -0.2) is 33.1 Å². The molecule has 134 valence electrons. The molecule has 0 saturated carbocycles. The average molecular weight is 344 g/mol. The number of carbonyl (C=O) groups excluding carboxylic acids is 1. The monoisotopic (exact) mass is 344 g/mol. The van der Waals surface area contributed by atoms with Gasteiger partial charge in [0.05, 0.1) is 6.10 Å². The number of aliphatic hydroxyl groups excluding tert-OH is 1. The van der Waals surface area contributed by atoms with E-state index in [-0.39, 0.29) is 23.8 Å². The van der Waals surface area contributed by atoms with E-state index in [1.165, 1.54) is 12.1 Å². The van der Waals surface area contributed by atoms with Gasteiger partial charge in [-0.15, -0.1) is 0 Å². The van der Waals surface area contributed by atoms with Crippen molar-refractivity contribution < 1.29 is 14.3 Å². The second kappa shape index (κ2) is 7.40. The summed E-state index contributed by atoms with van der Waals surface area (Å²) in [7, 11) is 0. The molecule has 2 heterocycles. The maximum atomic E-state index is 13.0. The highest BCUT2D eigenvalue weighted by molar-refractivity contribution is 5.93. The minimum atomic E-state index is -0.698. The summed E-state index contributed by atoms with van der Waals surface area (Å²) >= 11 is 0. The molecule has 25 heavy (non-hydrogen) atoms. The van der Waals surface area contributed by atoms with Crippen LogP contribution in [0.25, 0.3) is 0 Å². The normalized spacial score (nSPS) is 18.8. The molecule has 1 aliphatic rings. The molecule has 2 atom stereocenters. The van der Waals surface area contributed by atoms with Gasteiger partial charge in [0.2, 0.25) is 0 Å². The molecule has 2 aromatic rings. The number of aliphatic hydroxyl groups is 1. The summed E-state index contributed by atoms with van der Waals surface area (Å²) in [6.45, 7) is 4.82. The maximum absolute atomic E-state index is 13.0. The Hall–Kier alpha value is -2.14. The van der Waals surface area contributed by atoms with Crippen molar-refractivity contribution in [1.82, 2.24) is 9.47 Å². The number of nitrogens with zero attached hydrogens (tertiary/aromatic N) is 2. The molecule has 4 nitrogen and oxygen atoms in total. The van der Waals surface area contributed by atoms with Crippen molar-refractivity contribution >= 4 is 5.91 Å². The SMILES string of the molecule is CC(C)n1cccc1C(=O)N1CCCC1CC(O)c1ccc(F)cc1. The average Bonchev–Trinajstić information content (AvgIpc) is 3.24. The van der Waals surface area contributed by atoms with Gasteiger partial charge in [0.25, 0.3) is 5.91 Å². The highest BCUT2D eigenvalue weighted by atomic mass is 19.1. The standard InChI is InChI=1S/C20H25FN2O2/c1-14(2)22-11-4-6-18(22)20(25)23-12-3-5-17(23)13-19(24)15-7-9-16(21)10-8-15/h4,6-11,14,17,19,24H,3,5,12-13H2,1-2H3. The van der Waals surface area contributed by atoms with Crippen LogP contribution < -0.4 is 0 Å². The fraction of sp³-hybridized carbons (Fsp3) is 0.450. The molecule has 0 aliphatic carbocycles. The lowest BCUT2D eigenvalue weighted by Crippen LogP contribution is -2.37. The first-order valence-corrected chi connectivity index (χ1v) is 8.88. The van der Waals surface area contributed by atoms with E-state index in [2.05, 4.69) is 13.8 Å². The summed E-state index contributed by atoms with van der Waals surface area (Å²) in [5.41, 5.74) is 1.38. The largest absolute Gasteiger partial charge is 0.388 e. The van der Waals surface area contributed by atoms with Crippen molar-refractivity contribution in [1.29, 1.82) is 0 Å². The van der Waals surface area contributed by atoms with Crippen LogP contribution >= 0.6 is 0 Å². The van der Waals surface area contributed by atoms with Gasteiger partial charge in [-0.2, -0.15) is 0 Å². The zero-order valence-corrected chi connectivity index (χ0v) is 14.7. The lowest BCUT2D eigenvalue weighted by molar-refractivity contribution is 0.0655. The molecule has 0 radical (unpaired) electrons. The molecule has 0 bridgehead atoms. The van der Waals surface area contributed by atoms with Crippen LogP contribution in [-0.2, 0) is 0 Å². The number of aromatic nitrogens is 1. The fourth-order valence-electron chi connectivity index (χ4n) is 3.60. The summed E-state index contributed by atoms with van der Waals surface area (Å²) < 4.78 is 15.0. The molecule has 0 spiro atoms. The van der Waals surface area contributed by atoms with Gasteiger partial charge in [-0.05, 0) is 62.9 Å². The van der Waals surface area contributed by atoms with Crippen LogP contribution in [0.3, 0.4) is 0 Å². The van der Waals surface area contributed by atoms with Gasteiger partial charge in [0.1, 0.15) is 11.5 Å². The number of rotatable bonds is 5. The van der Waals surface area contributed by atoms with Gasteiger partial charge in [-0.1, -0.05) is 12.1 Å². The van der Waals surface area contributed by atoms with E-state index in [1.54, 1.807) is 12.1 Å². The van der Waals surface area contributed by atoms with Crippen molar-refractivity contribution in [3.63, 3.8) is 0 Å². The van der Waals surface area contributed by atoms with Gasteiger partial charge in [0, 0.05) is 24.8 Å². The number of benzene rings is 1. The summed E-state index contributed by atoms with van der Waals surface area (Å²) in [5.74, 6) is -0.296. The lowest BCUT2D eigenvalue weighted by Gasteiger charge is -2.27. The molecular weight excluding hydrogens is 319 g/mol. The molecule has 1 aromatic carbocycles. The van der Waals surface area contributed by atoms with E-state index in [0.29, 0.717) is 24.2 Å². The molecule has 3 rings (SSSR count). The summed E-state index contributed by atoms with van der Waals surface area (Å²) in [6, 6.07) is 9.88. The molecule has 1 fully saturated rings. The number of hydrogen-bond donors (Lipinski definition) is 1. The Balaban J connectivity index is 1.72. The highest BCUT2D eigenvalue weighted by Gasteiger charge is 2.32. The van der Waals surface area contributed by atoms with Crippen molar-refractivity contribution in [2.24, 2.45) is 0 Å². The van der Waals surface area contributed by atoms with E-state index < -0.39 is 6.10 Å².